The topological polar surface area (TPSA) is 12.0 Å². The quantitative estimate of drug-likeness (QED) is 0.663. The number of hydrogen-bond donors (Lipinski definition) is 1. The number of hydrogen-bond acceptors (Lipinski definition) is 1. The van der Waals surface area contributed by atoms with E-state index in [4.69, 9.17) is 0 Å². The van der Waals surface area contributed by atoms with Crippen LogP contribution in [0.25, 0.3) is 0 Å². The Balaban J connectivity index is 1.62. The molecule has 0 bridgehead atoms. The first-order valence-corrected chi connectivity index (χ1v) is 5.43. The molecular formula is C11H21N. The van der Waals surface area contributed by atoms with Crippen LogP contribution in [0, 0.1) is 11.8 Å². The van der Waals surface area contributed by atoms with Crippen LogP contribution in [0.3, 0.4) is 0 Å². The van der Waals surface area contributed by atoms with Crippen molar-refractivity contribution in [3.05, 3.63) is 0 Å². The SMILES string of the molecule is CC(C)(NCCC1CC1)C1CC1. The highest BCUT2D eigenvalue weighted by atomic mass is 15.0. The van der Waals surface area contributed by atoms with Crippen molar-refractivity contribution >= 4 is 0 Å². The van der Waals surface area contributed by atoms with Crippen LogP contribution in [-0.4, -0.2) is 12.1 Å². The highest BCUT2D eigenvalue weighted by Crippen LogP contribution is 2.39. The number of rotatable bonds is 5. The van der Waals surface area contributed by atoms with E-state index >= 15 is 0 Å². The lowest BCUT2D eigenvalue weighted by molar-refractivity contribution is 0.337. The molecule has 2 fully saturated rings. The van der Waals surface area contributed by atoms with Gasteiger partial charge in [0, 0.05) is 5.54 Å². The highest BCUT2D eigenvalue weighted by Gasteiger charge is 2.37. The molecule has 1 nitrogen and oxygen atoms in total. The molecule has 0 heterocycles. The summed E-state index contributed by atoms with van der Waals surface area (Å²) in [4.78, 5) is 0. The van der Waals surface area contributed by atoms with Gasteiger partial charge in [0.2, 0.25) is 0 Å². The van der Waals surface area contributed by atoms with Gasteiger partial charge in [0.15, 0.2) is 0 Å². The van der Waals surface area contributed by atoms with Crippen molar-refractivity contribution in [1.29, 1.82) is 0 Å². The van der Waals surface area contributed by atoms with Gasteiger partial charge < -0.3 is 5.32 Å². The van der Waals surface area contributed by atoms with E-state index in [0.29, 0.717) is 5.54 Å². The third-order valence-electron chi connectivity index (χ3n) is 3.43. The Morgan fingerprint density at radius 2 is 1.83 bits per heavy atom. The van der Waals surface area contributed by atoms with Gasteiger partial charge in [0.25, 0.3) is 0 Å². The van der Waals surface area contributed by atoms with E-state index in [1.165, 1.54) is 38.6 Å². The largest absolute Gasteiger partial charge is 0.312 e. The minimum atomic E-state index is 0.425. The van der Waals surface area contributed by atoms with Crippen LogP contribution in [-0.2, 0) is 0 Å². The molecule has 12 heavy (non-hydrogen) atoms. The molecule has 1 N–H and O–H groups in total. The van der Waals surface area contributed by atoms with Gasteiger partial charge in [-0.2, -0.15) is 0 Å². The lowest BCUT2D eigenvalue weighted by Gasteiger charge is -2.26. The lowest BCUT2D eigenvalue weighted by Crippen LogP contribution is -2.41. The zero-order valence-corrected chi connectivity index (χ0v) is 8.40. The van der Waals surface area contributed by atoms with Crippen LogP contribution in [0.1, 0.15) is 46.0 Å². The first-order valence-electron chi connectivity index (χ1n) is 5.43. The van der Waals surface area contributed by atoms with Crippen molar-refractivity contribution < 1.29 is 0 Å². The molecule has 0 aromatic carbocycles. The zero-order chi connectivity index (χ0) is 8.60. The lowest BCUT2D eigenvalue weighted by atomic mass is 9.98. The summed E-state index contributed by atoms with van der Waals surface area (Å²) in [5, 5.41) is 3.69. The molecule has 0 amide bonds. The molecule has 0 unspecified atom stereocenters. The molecule has 0 aliphatic heterocycles. The Labute approximate surface area is 75.9 Å². The first-order chi connectivity index (χ1) is 5.68. The maximum Gasteiger partial charge on any atom is 0.0153 e. The molecule has 2 saturated carbocycles. The van der Waals surface area contributed by atoms with E-state index in [-0.39, 0.29) is 0 Å². The van der Waals surface area contributed by atoms with Crippen molar-refractivity contribution in [2.45, 2.75) is 51.5 Å². The van der Waals surface area contributed by atoms with E-state index in [1.807, 2.05) is 0 Å². The van der Waals surface area contributed by atoms with Crippen LogP contribution in [0.2, 0.25) is 0 Å². The van der Waals surface area contributed by atoms with Crippen LogP contribution in [0.15, 0.2) is 0 Å². The summed E-state index contributed by atoms with van der Waals surface area (Å²) in [6, 6.07) is 0. The fraction of sp³-hybridized carbons (Fsp3) is 1.00. The third kappa shape index (κ3) is 2.22. The van der Waals surface area contributed by atoms with Crippen LogP contribution < -0.4 is 5.32 Å². The van der Waals surface area contributed by atoms with E-state index in [2.05, 4.69) is 19.2 Å². The van der Waals surface area contributed by atoms with Crippen molar-refractivity contribution in [1.82, 2.24) is 5.32 Å². The predicted molar refractivity (Wildman–Crippen MR) is 52.1 cm³/mol. The fourth-order valence-electron chi connectivity index (χ4n) is 1.95. The summed E-state index contributed by atoms with van der Waals surface area (Å²) < 4.78 is 0. The molecule has 0 atom stereocenters. The van der Waals surface area contributed by atoms with Gasteiger partial charge in [-0.3, -0.25) is 0 Å². The van der Waals surface area contributed by atoms with Gasteiger partial charge in [0.05, 0.1) is 0 Å². The van der Waals surface area contributed by atoms with E-state index in [1.54, 1.807) is 0 Å². The Kier molecular flexibility index (Phi) is 2.16. The third-order valence-corrected chi connectivity index (χ3v) is 3.43. The average molecular weight is 167 g/mol. The average Bonchev–Trinajstić information content (AvgIpc) is 2.84. The minimum Gasteiger partial charge on any atom is -0.312 e. The molecule has 2 rings (SSSR count). The molecule has 0 radical (unpaired) electrons. The molecule has 2 aliphatic carbocycles. The first kappa shape index (κ1) is 8.55. The molecule has 70 valence electrons. The molecule has 0 spiro atoms. The van der Waals surface area contributed by atoms with E-state index in [9.17, 15) is 0 Å². The smallest absolute Gasteiger partial charge is 0.0153 e. The van der Waals surface area contributed by atoms with Gasteiger partial charge in [0.1, 0.15) is 0 Å². The number of nitrogens with one attached hydrogen (secondary N) is 1. The van der Waals surface area contributed by atoms with Crippen molar-refractivity contribution in [2.75, 3.05) is 6.54 Å². The molecule has 0 saturated heterocycles. The van der Waals surface area contributed by atoms with Crippen molar-refractivity contribution in [3.8, 4) is 0 Å². The highest BCUT2D eigenvalue weighted by molar-refractivity contribution is 4.94. The molecule has 2 aliphatic rings. The van der Waals surface area contributed by atoms with Gasteiger partial charge >= 0.3 is 0 Å². The second kappa shape index (κ2) is 3.02. The maximum absolute atomic E-state index is 3.69. The maximum atomic E-state index is 3.69. The summed E-state index contributed by atoms with van der Waals surface area (Å²) in [5.74, 6) is 2.05. The summed E-state index contributed by atoms with van der Waals surface area (Å²) in [7, 11) is 0. The normalized spacial score (nSPS) is 24.5. The van der Waals surface area contributed by atoms with Crippen molar-refractivity contribution in [3.63, 3.8) is 0 Å². The van der Waals surface area contributed by atoms with Gasteiger partial charge in [-0.05, 0) is 51.5 Å². The minimum absolute atomic E-state index is 0.425. The Morgan fingerprint density at radius 3 is 2.33 bits per heavy atom. The molecular weight excluding hydrogens is 146 g/mol. The van der Waals surface area contributed by atoms with E-state index < -0.39 is 0 Å². The van der Waals surface area contributed by atoms with Crippen molar-refractivity contribution in [2.24, 2.45) is 11.8 Å². The molecule has 0 aromatic rings. The Hall–Kier alpha value is -0.0400. The summed E-state index contributed by atoms with van der Waals surface area (Å²) in [6.45, 7) is 5.96. The molecule has 0 aromatic heterocycles. The monoisotopic (exact) mass is 167 g/mol. The van der Waals surface area contributed by atoms with Gasteiger partial charge in [-0.1, -0.05) is 12.8 Å². The second-order valence-electron chi connectivity index (χ2n) is 5.15. The summed E-state index contributed by atoms with van der Waals surface area (Å²) in [5.41, 5.74) is 0.425. The van der Waals surface area contributed by atoms with E-state index in [0.717, 1.165) is 11.8 Å². The van der Waals surface area contributed by atoms with Crippen LogP contribution >= 0.6 is 0 Å². The second-order valence-corrected chi connectivity index (χ2v) is 5.15. The predicted octanol–water partition coefficient (Wildman–Crippen LogP) is 2.56. The Morgan fingerprint density at radius 1 is 1.17 bits per heavy atom. The Bertz CT molecular complexity index is 154. The van der Waals surface area contributed by atoms with Gasteiger partial charge in [-0.25, -0.2) is 0 Å². The van der Waals surface area contributed by atoms with Crippen LogP contribution in [0.4, 0.5) is 0 Å². The van der Waals surface area contributed by atoms with Crippen LogP contribution in [0.5, 0.6) is 0 Å². The standard InChI is InChI=1S/C11H21N/c1-11(2,10-5-6-10)12-8-7-9-3-4-9/h9-10,12H,3-8H2,1-2H3. The fourth-order valence-corrected chi connectivity index (χ4v) is 1.95. The zero-order valence-electron chi connectivity index (χ0n) is 8.40. The molecule has 1 heteroatoms. The summed E-state index contributed by atoms with van der Waals surface area (Å²) in [6.07, 6.45) is 7.29. The van der Waals surface area contributed by atoms with Gasteiger partial charge in [-0.15, -0.1) is 0 Å². The summed E-state index contributed by atoms with van der Waals surface area (Å²) >= 11 is 0.